The number of nitrogens with zero attached hydrogens (tertiary/aromatic N) is 2. The molecule has 0 saturated heterocycles. The van der Waals surface area contributed by atoms with E-state index in [1.165, 1.54) is 72.7 Å². The van der Waals surface area contributed by atoms with Crippen LogP contribution in [0.2, 0.25) is 0 Å². The monoisotopic (exact) mass is 774 g/mol. The van der Waals surface area contributed by atoms with Crippen molar-refractivity contribution in [3.05, 3.63) is 206 Å². The number of benzene rings is 10. The van der Waals surface area contributed by atoms with E-state index in [2.05, 4.69) is 216 Å². The van der Waals surface area contributed by atoms with E-state index in [-0.39, 0.29) is 0 Å². The van der Waals surface area contributed by atoms with E-state index in [0.717, 1.165) is 34.1 Å². The first-order valence-electron chi connectivity index (χ1n) is 19.7. The quantitative estimate of drug-likeness (QED) is 0.155. The number of rotatable bonds is 6. The van der Waals surface area contributed by atoms with Crippen LogP contribution in [-0.2, 0) is 0 Å². The Kier molecular flexibility index (Phi) is 7.62. The van der Waals surface area contributed by atoms with Crippen LogP contribution in [0.25, 0.3) is 72.7 Å². The summed E-state index contributed by atoms with van der Waals surface area (Å²) in [4.78, 5) is 4.84. The van der Waals surface area contributed by atoms with Crippen molar-refractivity contribution in [1.82, 2.24) is 0 Å². The van der Waals surface area contributed by atoms with Crippen molar-refractivity contribution in [2.75, 3.05) is 9.80 Å². The SMILES string of the molecule is c1ccc(N(c2ccc3c(c2)sc2ccccc23)c2cccc3c2ccc2c4cccc(N(c5ccccc5)c5ccc6c(c5)sc5ccccc56)c4ccc32)cc1. The summed E-state index contributed by atoms with van der Waals surface area (Å²) in [7, 11) is 0. The van der Waals surface area contributed by atoms with Gasteiger partial charge in [0.2, 0.25) is 0 Å². The summed E-state index contributed by atoms with van der Waals surface area (Å²) in [6.45, 7) is 0. The molecule has 2 heterocycles. The lowest BCUT2D eigenvalue weighted by atomic mass is 9.95. The summed E-state index contributed by atoms with van der Waals surface area (Å²) in [6.07, 6.45) is 0. The Bertz CT molecular complexity index is 3290. The molecule has 272 valence electrons. The number of anilines is 6. The molecule has 0 radical (unpaired) electrons. The lowest BCUT2D eigenvalue weighted by Crippen LogP contribution is -2.10. The fourth-order valence-corrected chi connectivity index (χ4v) is 11.3. The van der Waals surface area contributed by atoms with Crippen molar-refractivity contribution in [2.45, 2.75) is 0 Å². The molecule has 4 heteroatoms. The van der Waals surface area contributed by atoms with Crippen LogP contribution in [0.1, 0.15) is 0 Å². The van der Waals surface area contributed by atoms with Gasteiger partial charge in [0.05, 0.1) is 11.4 Å². The highest BCUT2D eigenvalue weighted by Crippen LogP contribution is 2.47. The Hall–Kier alpha value is -6.98. The van der Waals surface area contributed by atoms with E-state index < -0.39 is 0 Å². The van der Waals surface area contributed by atoms with Crippen LogP contribution in [-0.4, -0.2) is 0 Å². The van der Waals surface area contributed by atoms with Crippen LogP contribution in [0.5, 0.6) is 0 Å². The van der Waals surface area contributed by atoms with Crippen LogP contribution < -0.4 is 9.80 Å². The number of hydrogen-bond acceptors (Lipinski definition) is 4. The van der Waals surface area contributed by atoms with Crippen molar-refractivity contribution >= 4 is 129 Å². The third-order valence-electron chi connectivity index (χ3n) is 11.6. The summed E-state index contributed by atoms with van der Waals surface area (Å²) < 4.78 is 5.22. The van der Waals surface area contributed by atoms with Gasteiger partial charge in [-0.3, -0.25) is 0 Å². The summed E-state index contributed by atoms with van der Waals surface area (Å²) in [5.41, 5.74) is 6.88. The normalized spacial score (nSPS) is 11.8. The molecule has 2 nitrogen and oxygen atoms in total. The molecule has 0 amide bonds. The lowest BCUT2D eigenvalue weighted by molar-refractivity contribution is 1.30. The van der Waals surface area contributed by atoms with Gasteiger partial charge in [0.1, 0.15) is 0 Å². The van der Waals surface area contributed by atoms with E-state index in [9.17, 15) is 0 Å². The van der Waals surface area contributed by atoms with E-state index >= 15 is 0 Å². The number of thiophene rings is 2. The van der Waals surface area contributed by atoms with Gasteiger partial charge >= 0.3 is 0 Å². The molecule has 0 saturated carbocycles. The van der Waals surface area contributed by atoms with Crippen LogP contribution in [0.4, 0.5) is 34.1 Å². The number of hydrogen-bond donors (Lipinski definition) is 0. The summed E-state index contributed by atoms with van der Waals surface area (Å²) in [6, 6.07) is 75.7. The molecule has 0 N–H and O–H groups in total. The molecule has 0 aliphatic carbocycles. The highest BCUT2D eigenvalue weighted by Gasteiger charge is 2.20. The average molecular weight is 775 g/mol. The summed E-state index contributed by atoms with van der Waals surface area (Å²) in [5, 5.41) is 12.6. The molecule has 0 aliphatic heterocycles. The molecule has 0 atom stereocenters. The fourth-order valence-electron chi connectivity index (χ4n) is 9.01. The Morgan fingerprint density at radius 3 is 1.03 bits per heavy atom. The molecule has 0 aliphatic rings. The number of fused-ring (bicyclic) bond motifs is 11. The molecule has 0 bridgehead atoms. The zero-order valence-corrected chi connectivity index (χ0v) is 33.0. The smallest absolute Gasteiger partial charge is 0.0540 e. The Balaban J connectivity index is 1.03. The average Bonchev–Trinajstić information content (AvgIpc) is 3.85. The minimum Gasteiger partial charge on any atom is -0.310 e. The molecule has 0 unspecified atom stereocenters. The predicted molar refractivity (Wildman–Crippen MR) is 254 cm³/mol. The Labute approximate surface area is 343 Å². The van der Waals surface area contributed by atoms with Gasteiger partial charge in [-0.1, -0.05) is 133 Å². The Morgan fingerprint density at radius 2 is 0.569 bits per heavy atom. The maximum atomic E-state index is 2.42. The van der Waals surface area contributed by atoms with Gasteiger partial charge in [0.25, 0.3) is 0 Å². The molecule has 12 rings (SSSR count). The van der Waals surface area contributed by atoms with Crippen LogP contribution in [0.3, 0.4) is 0 Å². The van der Waals surface area contributed by atoms with Gasteiger partial charge in [-0.05, 0) is 94.3 Å². The van der Waals surface area contributed by atoms with E-state index in [1.807, 2.05) is 22.7 Å². The van der Waals surface area contributed by atoms with Gasteiger partial charge in [0.15, 0.2) is 0 Å². The molecule has 0 fully saturated rings. The van der Waals surface area contributed by atoms with E-state index in [1.54, 1.807) is 0 Å². The standard InChI is InChI=1S/C54H34N2S2/c1-3-13-35(14-4-1)55(37-25-27-47-45-17-7-9-23-51(45)57-53(47)33-37)49-21-11-19-39-41-30-32-44-40(42(41)29-31-43(39)49)20-12-22-50(44)56(36-15-5-2-6-16-36)38-26-28-48-46-18-8-10-24-52(46)58-54(48)34-38/h1-34H. The van der Waals surface area contributed by atoms with Crippen molar-refractivity contribution < 1.29 is 0 Å². The van der Waals surface area contributed by atoms with E-state index in [0.29, 0.717) is 0 Å². The highest BCUT2D eigenvalue weighted by molar-refractivity contribution is 7.26. The largest absolute Gasteiger partial charge is 0.310 e. The zero-order valence-electron chi connectivity index (χ0n) is 31.3. The summed E-state index contributed by atoms with van der Waals surface area (Å²) in [5.74, 6) is 0. The molecule has 12 aromatic rings. The first-order valence-corrected chi connectivity index (χ1v) is 21.3. The molecule has 2 aromatic heterocycles. The van der Waals surface area contributed by atoms with Gasteiger partial charge in [-0.25, -0.2) is 0 Å². The molecule has 10 aromatic carbocycles. The van der Waals surface area contributed by atoms with E-state index in [4.69, 9.17) is 0 Å². The first-order chi connectivity index (χ1) is 28.8. The summed E-state index contributed by atoms with van der Waals surface area (Å²) >= 11 is 3.72. The van der Waals surface area contributed by atoms with Crippen LogP contribution in [0, 0.1) is 0 Å². The molecule has 58 heavy (non-hydrogen) atoms. The Morgan fingerprint density at radius 1 is 0.224 bits per heavy atom. The topological polar surface area (TPSA) is 6.48 Å². The molecular formula is C54H34N2S2. The lowest BCUT2D eigenvalue weighted by Gasteiger charge is -2.28. The zero-order chi connectivity index (χ0) is 38.2. The minimum atomic E-state index is 1.13. The predicted octanol–water partition coefficient (Wildman–Crippen LogP) is 16.8. The van der Waals surface area contributed by atoms with Crippen molar-refractivity contribution in [1.29, 1.82) is 0 Å². The van der Waals surface area contributed by atoms with Crippen LogP contribution >= 0.6 is 22.7 Å². The van der Waals surface area contributed by atoms with Gasteiger partial charge < -0.3 is 9.80 Å². The van der Waals surface area contributed by atoms with Gasteiger partial charge in [-0.2, -0.15) is 0 Å². The van der Waals surface area contributed by atoms with Crippen LogP contribution in [0.15, 0.2) is 206 Å². The number of para-hydroxylation sites is 2. The maximum absolute atomic E-state index is 2.42. The maximum Gasteiger partial charge on any atom is 0.0540 e. The minimum absolute atomic E-state index is 1.13. The third kappa shape index (κ3) is 5.23. The molecule has 0 spiro atoms. The van der Waals surface area contributed by atoms with Gasteiger partial charge in [-0.15, -0.1) is 22.7 Å². The highest BCUT2D eigenvalue weighted by atomic mass is 32.1. The fraction of sp³-hybridized carbons (Fsp3) is 0. The van der Waals surface area contributed by atoms with Crippen molar-refractivity contribution in [3.8, 4) is 0 Å². The second-order valence-corrected chi connectivity index (χ2v) is 17.0. The third-order valence-corrected chi connectivity index (χ3v) is 13.9. The first kappa shape index (κ1) is 33.2. The second-order valence-electron chi connectivity index (χ2n) is 14.9. The van der Waals surface area contributed by atoms with Gasteiger partial charge in [0, 0.05) is 73.9 Å². The van der Waals surface area contributed by atoms with Crippen molar-refractivity contribution in [3.63, 3.8) is 0 Å². The van der Waals surface area contributed by atoms with Crippen molar-refractivity contribution in [2.24, 2.45) is 0 Å². The molecular weight excluding hydrogens is 741 g/mol. The second kappa shape index (κ2) is 13.3.